The molecule has 1 saturated carbocycles. The second-order valence-corrected chi connectivity index (χ2v) is 7.30. The zero-order valence-electron chi connectivity index (χ0n) is 16.5. The normalized spacial score (nSPS) is 13.8. The second-order valence-electron chi connectivity index (χ2n) is 7.30. The first kappa shape index (κ1) is 19.4. The van der Waals surface area contributed by atoms with Crippen LogP contribution in [0.5, 0.6) is 12.0 Å². The number of nitrogens with two attached hydrogens (primary N) is 1. The third-order valence-electron chi connectivity index (χ3n) is 4.89. The monoisotopic (exact) mass is 398 g/mol. The highest BCUT2D eigenvalue weighted by molar-refractivity contribution is 5.83. The Bertz CT molecular complexity index is 986. The van der Waals surface area contributed by atoms with Gasteiger partial charge in [-0.25, -0.2) is 0 Å². The molecule has 9 nitrogen and oxygen atoms in total. The second kappa shape index (κ2) is 8.62. The van der Waals surface area contributed by atoms with Gasteiger partial charge in [-0.15, -0.1) is 0 Å². The molecule has 0 amide bonds. The van der Waals surface area contributed by atoms with Crippen LogP contribution >= 0.6 is 0 Å². The molecular formula is C20H26N6O3. The van der Waals surface area contributed by atoms with Crippen molar-refractivity contribution in [1.82, 2.24) is 24.8 Å². The molecule has 2 aromatic heterocycles. The van der Waals surface area contributed by atoms with Gasteiger partial charge in [0.2, 0.25) is 0 Å². The Hall–Kier alpha value is -2.91. The Labute approximate surface area is 168 Å². The molecular weight excluding hydrogens is 372 g/mol. The lowest BCUT2D eigenvalue weighted by molar-refractivity contribution is 0.141. The van der Waals surface area contributed by atoms with E-state index in [-0.39, 0.29) is 17.8 Å². The molecule has 0 spiro atoms. The summed E-state index contributed by atoms with van der Waals surface area (Å²) in [5, 5.41) is 13.9. The number of hydrogen-bond donors (Lipinski definition) is 3. The maximum absolute atomic E-state index is 10.4. The van der Waals surface area contributed by atoms with Crippen molar-refractivity contribution in [3.8, 4) is 12.0 Å². The highest BCUT2D eigenvalue weighted by Crippen LogP contribution is 2.28. The number of aromatic hydroxyl groups is 1. The number of methoxy groups -OCH3 is 1. The third kappa shape index (κ3) is 4.75. The maximum Gasteiger partial charge on any atom is 0.320 e. The van der Waals surface area contributed by atoms with Gasteiger partial charge in [-0.1, -0.05) is 24.3 Å². The molecule has 2 heterocycles. The smallest absolute Gasteiger partial charge is 0.320 e. The molecule has 1 aliphatic carbocycles. The molecule has 0 saturated heterocycles. The predicted molar refractivity (Wildman–Crippen MR) is 109 cm³/mol. The van der Waals surface area contributed by atoms with Crippen molar-refractivity contribution in [2.24, 2.45) is 5.92 Å². The molecule has 1 fully saturated rings. The summed E-state index contributed by atoms with van der Waals surface area (Å²) in [6.07, 6.45) is 2.67. The summed E-state index contributed by atoms with van der Waals surface area (Å²) in [4.78, 5) is 12.6. The number of imidazole rings is 1. The minimum atomic E-state index is -0.160. The number of fused-ring (bicyclic) bond motifs is 1. The van der Waals surface area contributed by atoms with Crippen LogP contribution in [0.2, 0.25) is 0 Å². The maximum atomic E-state index is 10.4. The largest absolute Gasteiger partial charge is 0.480 e. The minimum absolute atomic E-state index is 0.131. The van der Waals surface area contributed by atoms with Gasteiger partial charge in [-0.05, 0) is 36.4 Å². The third-order valence-corrected chi connectivity index (χ3v) is 4.89. The zero-order chi connectivity index (χ0) is 20.2. The molecule has 4 N–H and O–H groups in total. The molecule has 154 valence electrons. The van der Waals surface area contributed by atoms with E-state index in [1.807, 2.05) is 12.1 Å². The summed E-state index contributed by atoms with van der Waals surface area (Å²) in [6, 6.07) is 8.21. The Morgan fingerprint density at radius 3 is 2.83 bits per heavy atom. The van der Waals surface area contributed by atoms with Crippen molar-refractivity contribution in [1.29, 1.82) is 0 Å². The summed E-state index contributed by atoms with van der Waals surface area (Å²) in [5.74, 6) is 1.01. The van der Waals surface area contributed by atoms with Crippen molar-refractivity contribution in [3.05, 3.63) is 35.4 Å². The number of anilines is 1. The van der Waals surface area contributed by atoms with Crippen LogP contribution in [0.1, 0.15) is 24.0 Å². The van der Waals surface area contributed by atoms with E-state index >= 15 is 0 Å². The van der Waals surface area contributed by atoms with Crippen molar-refractivity contribution in [3.63, 3.8) is 0 Å². The molecule has 4 rings (SSSR count). The summed E-state index contributed by atoms with van der Waals surface area (Å²) in [6.45, 7) is 3.02. The number of ether oxygens (including phenoxy) is 2. The quantitative estimate of drug-likeness (QED) is 0.441. The molecule has 3 aromatic rings. The average Bonchev–Trinajstić information content (AvgIpc) is 3.47. The predicted octanol–water partition coefficient (Wildman–Crippen LogP) is 1.69. The highest BCUT2D eigenvalue weighted by atomic mass is 16.5. The summed E-state index contributed by atoms with van der Waals surface area (Å²) >= 11 is 0. The Morgan fingerprint density at radius 1 is 1.21 bits per heavy atom. The van der Waals surface area contributed by atoms with Crippen LogP contribution in [0.25, 0.3) is 11.2 Å². The Kier molecular flexibility index (Phi) is 5.77. The lowest BCUT2D eigenvalue weighted by Crippen LogP contribution is -2.16. The van der Waals surface area contributed by atoms with Crippen LogP contribution in [0.3, 0.4) is 0 Å². The molecule has 0 radical (unpaired) electrons. The first-order valence-corrected chi connectivity index (χ1v) is 9.77. The number of rotatable bonds is 10. The van der Waals surface area contributed by atoms with E-state index in [2.05, 4.69) is 32.4 Å². The fourth-order valence-electron chi connectivity index (χ4n) is 3.18. The number of benzene rings is 1. The first-order chi connectivity index (χ1) is 14.1. The number of hydrogen-bond acceptors (Lipinski definition) is 8. The molecule has 0 bridgehead atoms. The van der Waals surface area contributed by atoms with Gasteiger partial charge in [0, 0.05) is 13.7 Å². The van der Waals surface area contributed by atoms with Crippen molar-refractivity contribution < 1.29 is 14.6 Å². The molecule has 1 aromatic carbocycles. The van der Waals surface area contributed by atoms with Gasteiger partial charge in [0.05, 0.1) is 13.2 Å². The SMILES string of the molecule is COCCOc1nc(N)c2nc(O)n(Cc3cccc(CNCC4CC4)c3)c2n1. The zero-order valence-corrected chi connectivity index (χ0v) is 16.5. The summed E-state index contributed by atoms with van der Waals surface area (Å²) < 4.78 is 12.1. The van der Waals surface area contributed by atoms with E-state index in [1.54, 1.807) is 11.7 Å². The van der Waals surface area contributed by atoms with Crippen LogP contribution < -0.4 is 15.8 Å². The van der Waals surface area contributed by atoms with E-state index in [0.29, 0.717) is 30.9 Å². The van der Waals surface area contributed by atoms with Crippen molar-refractivity contribution >= 4 is 17.0 Å². The van der Waals surface area contributed by atoms with Gasteiger partial charge >= 0.3 is 6.01 Å². The van der Waals surface area contributed by atoms with E-state index in [4.69, 9.17) is 15.2 Å². The van der Waals surface area contributed by atoms with Crippen LogP contribution in [-0.2, 0) is 17.8 Å². The lowest BCUT2D eigenvalue weighted by atomic mass is 10.1. The van der Waals surface area contributed by atoms with Crippen LogP contribution in [0.15, 0.2) is 24.3 Å². The lowest BCUT2D eigenvalue weighted by Gasteiger charge is -2.09. The van der Waals surface area contributed by atoms with Crippen LogP contribution in [-0.4, -0.2) is 51.5 Å². The molecule has 9 heteroatoms. The summed E-state index contributed by atoms with van der Waals surface area (Å²) in [7, 11) is 1.59. The van der Waals surface area contributed by atoms with Gasteiger partial charge in [0.25, 0.3) is 6.01 Å². The number of nitrogens with zero attached hydrogens (tertiary/aromatic N) is 4. The van der Waals surface area contributed by atoms with Gasteiger partial charge in [-0.3, -0.25) is 4.57 Å². The fourth-order valence-corrected chi connectivity index (χ4v) is 3.18. The fraction of sp³-hybridized carbons (Fsp3) is 0.450. The van der Waals surface area contributed by atoms with E-state index in [9.17, 15) is 5.11 Å². The van der Waals surface area contributed by atoms with E-state index < -0.39 is 0 Å². The van der Waals surface area contributed by atoms with Crippen molar-refractivity contribution in [2.75, 3.05) is 32.6 Å². The topological polar surface area (TPSA) is 120 Å². The minimum Gasteiger partial charge on any atom is -0.480 e. The highest BCUT2D eigenvalue weighted by Gasteiger charge is 2.20. The van der Waals surface area contributed by atoms with Crippen LogP contribution in [0.4, 0.5) is 5.82 Å². The van der Waals surface area contributed by atoms with Crippen molar-refractivity contribution in [2.45, 2.75) is 25.9 Å². The summed E-state index contributed by atoms with van der Waals surface area (Å²) in [5.41, 5.74) is 9.00. The Morgan fingerprint density at radius 2 is 2.03 bits per heavy atom. The van der Waals surface area contributed by atoms with Crippen LogP contribution in [0, 0.1) is 5.92 Å². The Balaban J connectivity index is 1.54. The molecule has 29 heavy (non-hydrogen) atoms. The standard InChI is InChI=1S/C20H26N6O3/c1-28-7-8-29-19-24-17(21)16-18(25-19)26(20(27)23-16)12-15-4-2-3-14(9-15)11-22-10-13-5-6-13/h2-4,9,13,22H,5-8,10-12H2,1H3,(H,23,27)(H2,21,24,25). The number of nitrogens with one attached hydrogen (secondary N) is 1. The van der Waals surface area contributed by atoms with E-state index in [0.717, 1.165) is 24.6 Å². The molecule has 1 aliphatic rings. The number of aromatic nitrogens is 4. The first-order valence-electron chi connectivity index (χ1n) is 9.77. The molecule has 0 atom stereocenters. The molecule has 0 aliphatic heterocycles. The number of nitrogen functional groups attached to an aromatic ring is 1. The molecule has 0 unspecified atom stereocenters. The van der Waals surface area contributed by atoms with Gasteiger partial charge in [-0.2, -0.15) is 15.0 Å². The van der Waals surface area contributed by atoms with E-state index in [1.165, 1.54) is 18.4 Å². The van der Waals surface area contributed by atoms with Gasteiger partial charge in [0.1, 0.15) is 6.61 Å². The van der Waals surface area contributed by atoms with Gasteiger partial charge < -0.3 is 25.6 Å². The average molecular weight is 398 g/mol. The van der Waals surface area contributed by atoms with Gasteiger partial charge in [0.15, 0.2) is 17.0 Å².